The van der Waals surface area contributed by atoms with Crippen LogP contribution in [-0.2, 0) is 19.3 Å². The number of benzene rings is 3. The predicted octanol–water partition coefficient (Wildman–Crippen LogP) is 6.70. The molecule has 1 N–H and O–H groups in total. The second-order valence-electron chi connectivity index (χ2n) is 8.13. The molecule has 0 atom stereocenters. The molecular weight excluding hydrogens is 400 g/mol. The molecule has 1 aromatic heterocycles. The van der Waals surface area contributed by atoms with Crippen molar-refractivity contribution >= 4 is 23.3 Å². The summed E-state index contributed by atoms with van der Waals surface area (Å²) in [6.45, 7) is 3.43. The number of nitrogens with one attached hydrogen (secondary N) is 1. The monoisotopic (exact) mass is 432 g/mol. The fourth-order valence-electron chi connectivity index (χ4n) is 4.26. The Hall–Kier alpha value is -2.55. The SMILES string of the molecule is Cl.c1ccc(CCCN(CCCc2ccccc2)CCc2c[nH]c3ccccc23)cc1. The lowest BCUT2D eigenvalue weighted by molar-refractivity contribution is 0.270. The first-order valence-electron chi connectivity index (χ1n) is 11.2. The third-order valence-electron chi connectivity index (χ3n) is 5.94. The molecule has 0 saturated carbocycles. The number of aryl methyl sites for hydroxylation is 2. The largest absolute Gasteiger partial charge is 0.361 e. The molecule has 31 heavy (non-hydrogen) atoms. The van der Waals surface area contributed by atoms with E-state index in [2.05, 4.69) is 101 Å². The molecule has 0 aliphatic rings. The van der Waals surface area contributed by atoms with Crippen LogP contribution in [0.5, 0.6) is 0 Å². The van der Waals surface area contributed by atoms with E-state index in [4.69, 9.17) is 0 Å². The van der Waals surface area contributed by atoms with Crippen LogP contribution in [0.2, 0.25) is 0 Å². The first-order chi connectivity index (χ1) is 14.9. The Morgan fingerprint density at radius 3 is 1.74 bits per heavy atom. The maximum atomic E-state index is 3.42. The van der Waals surface area contributed by atoms with Crippen molar-refractivity contribution in [3.05, 3.63) is 108 Å². The highest BCUT2D eigenvalue weighted by Gasteiger charge is 2.09. The van der Waals surface area contributed by atoms with Crippen LogP contribution in [0.3, 0.4) is 0 Å². The lowest BCUT2D eigenvalue weighted by Gasteiger charge is -2.22. The van der Waals surface area contributed by atoms with Gasteiger partial charge in [-0.25, -0.2) is 0 Å². The molecule has 0 amide bonds. The third-order valence-corrected chi connectivity index (χ3v) is 5.94. The topological polar surface area (TPSA) is 19.0 Å². The average Bonchev–Trinajstić information content (AvgIpc) is 3.22. The Bertz CT molecular complexity index is 965. The minimum Gasteiger partial charge on any atom is -0.361 e. The quantitative estimate of drug-likeness (QED) is 0.279. The molecule has 0 aliphatic carbocycles. The zero-order chi connectivity index (χ0) is 20.4. The lowest BCUT2D eigenvalue weighted by atomic mass is 10.1. The molecule has 4 aromatic rings. The van der Waals surface area contributed by atoms with E-state index in [1.54, 1.807) is 0 Å². The van der Waals surface area contributed by atoms with Gasteiger partial charge in [0.05, 0.1) is 0 Å². The first kappa shape index (κ1) is 23.1. The van der Waals surface area contributed by atoms with Gasteiger partial charge in [0.2, 0.25) is 0 Å². The Morgan fingerprint density at radius 1 is 0.581 bits per heavy atom. The van der Waals surface area contributed by atoms with Gasteiger partial charge in [-0.05, 0) is 68.0 Å². The smallest absolute Gasteiger partial charge is 0.0456 e. The molecule has 0 bridgehead atoms. The van der Waals surface area contributed by atoms with Crippen LogP contribution < -0.4 is 0 Å². The number of halogens is 1. The van der Waals surface area contributed by atoms with Gasteiger partial charge < -0.3 is 9.88 Å². The van der Waals surface area contributed by atoms with Crippen LogP contribution in [0.15, 0.2) is 91.1 Å². The predicted molar refractivity (Wildman–Crippen MR) is 135 cm³/mol. The molecule has 0 saturated heterocycles. The molecule has 0 spiro atoms. The van der Waals surface area contributed by atoms with E-state index in [9.17, 15) is 0 Å². The summed E-state index contributed by atoms with van der Waals surface area (Å²) in [4.78, 5) is 6.08. The zero-order valence-electron chi connectivity index (χ0n) is 18.2. The highest BCUT2D eigenvalue weighted by atomic mass is 35.5. The fraction of sp³-hybridized carbons (Fsp3) is 0.286. The van der Waals surface area contributed by atoms with Gasteiger partial charge in [-0.3, -0.25) is 0 Å². The highest BCUT2D eigenvalue weighted by Crippen LogP contribution is 2.18. The number of aromatic amines is 1. The van der Waals surface area contributed by atoms with Crippen LogP contribution in [0.1, 0.15) is 29.5 Å². The van der Waals surface area contributed by atoms with E-state index in [-0.39, 0.29) is 12.4 Å². The van der Waals surface area contributed by atoms with Gasteiger partial charge in [0, 0.05) is 23.6 Å². The van der Waals surface area contributed by atoms with Crippen molar-refractivity contribution in [1.29, 1.82) is 0 Å². The second kappa shape index (κ2) is 12.3. The Morgan fingerprint density at radius 2 is 1.13 bits per heavy atom. The number of hydrogen-bond acceptors (Lipinski definition) is 1. The number of para-hydroxylation sites is 1. The molecule has 0 aliphatic heterocycles. The molecule has 4 rings (SSSR count). The van der Waals surface area contributed by atoms with Crippen molar-refractivity contribution in [3.8, 4) is 0 Å². The molecule has 162 valence electrons. The first-order valence-corrected chi connectivity index (χ1v) is 11.2. The van der Waals surface area contributed by atoms with E-state index < -0.39 is 0 Å². The van der Waals surface area contributed by atoms with E-state index in [1.807, 2.05) is 0 Å². The molecule has 0 fully saturated rings. The highest BCUT2D eigenvalue weighted by molar-refractivity contribution is 5.85. The van der Waals surface area contributed by atoms with Gasteiger partial charge in [0.25, 0.3) is 0 Å². The van der Waals surface area contributed by atoms with Crippen LogP contribution >= 0.6 is 12.4 Å². The summed E-state index contributed by atoms with van der Waals surface area (Å²) in [6, 6.07) is 30.4. The van der Waals surface area contributed by atoms with E-state index in [0.29, 0.717) is 0 Å². The molecule has 3 heteroatoms. The summed E-state index contributed by atoms with van der Waals surface area (Å²) < 4.78 is 0. The van der Waals surface area contributed by atoms with Gasteiger partial charge in [0.1, 0.15) is 0 Å². The van der Waals surface area contributed by atoms with Gasteiger partial charge >= 0.3 is 0 Å². The van der Waals surface area contributed by atoms with E-state index in [0.717, 1.165) is 38.9 Å². The minimum absolute atomic E-state index is 0. The van der Waals surface area contributed by atoms with E-state index >= 15 is 0 Å². The van der Waals surface area contributed by atoms with Crippen molar-refractivity contribution in [2.75, 3.05) is 19.6 Å². The molecule has 3 aromatic carbocycles. The summed E-state index contributed by atoms with van der Waals surface area (Å²) >= 11 is 0. The number of rotatable bonds is 11. The van der Waals surface area contributed by atoms with Crippen molar-refractivity contribution in [2.45, 2.75) is 32.1 Å². The van der Waals surface area contributed by atoms with Crippen molar-refractivity contribution in [2.24, 2.45) is 0 Å². The maximum absolute atomic E-state index is 3.42. The Kier molecular flexibility index (Phi) is 9.20. The average molecular weight is 433 g/mol. The van der Waals surface area contributed by atoms with Crippen molar-refractivity contribution in [1.82, 2.24) is 9.88 Å². The molecule has 1 heterocycles. The summed E-state index contributed by atoms with van der Waals surface area (Å²) in [7, 11) is 0. The van der Waals surface area contributed by atoms with Crippen LogP contribution in [0, 0.1) is 0 Å². The zero-order valence-corrected chi connectivity index (χ0v) is 19.0. The van der Waals surface area contributed by atoms with Crippen LogP contribution in [-0.4, -0.2) is 29.5 Å². The molecule has 0 unspecified atom stereocenters. The summed E-state index contributed by atoms with van der Waals surface area (Å²) in [5.74, 6) is 0. The third kappa shape index (κ3) is 6.99. The van der Waals surface area contributed by atoms with Gasteiger partial charge in [-0.2, -0.15) is 0 Å². The Balaban J connectivity index is 0.00000272. The number of H-pyrrole nitrogens is 1. The van der Waals surface area contributed by atoms with E-state index in [1.165, 1.54) is 40.4 Å². The molecule has 2 nitrogen and oxygen atoms in total. The van der Waals surface area contributed by atoms with Crippen molar-refractivity contribution in [3.63, 3.8) is 0 Å². The lowest BCUT2D eigenvalue weighted by Crippen LogP contribution is -2.29. The fourth-order valence-corrected chi connectivity index (χ4v) is 4.26. The number of nitrogens with zero attached hydrogens (tertiary/aromatic N) is 1. The summed E-state index contributed by atoms with van der Waals surface area (Å²) in [5.41, 5.74) is 5.56. The number of hydrogen-bond donors (Lipinski definition) is 1. The molecular formula is C28H33ClN2. The molecule has 0 radical (unpaired) electrons. The van der Waals surface area contributed by atoms with Crippen molar-refractivity contribution < 1.29 is 0 Å². The number of aromatic nitrogens is 1. The summed E-state index contributed by atoms with van der Waals surface area (Å²) in [6.07, 6.45) is 8.02. The normalized spacial score (nSPS) is 11.0. The number of fused-ring (bicyclic) bond motifs is 1. The van der Waals surface area contributed by atoms with Gasteiger partial charge in [0.15, 0.2) is 0 Å². The van der Waals surface area contributed by atoms with Crippen LogP contribution in [0.25, 0.3) is 10.9 Å². The van der Waals surface area contributed by atoms with Gasteiger partial charge in [-0.15, -0.1) is 12.4 Å². The summed E-state index contributed by atoms with van der Waals surface area (Å²) in [5, 5.41) is 1.37. The minimum atomic E-state index is 0. The van der Waals surface area contributed by atoms with Gasteiger partial charge in [-0.1, -0.05) is 78.9 Å². The Labute approximate surface area is 192 Å². The van der Waals surface area contributed by atoms with Crippen LogP contribution in [0.4, 0.5) is 0 Å². The maximum Gasteiger partial charge on any atom is 0.0456 e. The second-order valence-corrected chi connectivity index (χ2v) is 8.13. The standard InChI is InChI=1S/C28H32N2.ClH/c1-3-11-24(12-4-1)15-9-20-30(21-10-16-25-13-5-2-6-14-25)22-19-26-23-29-28-18-8-7-17-27(26)28;/h1-8,11-14,17-18,23,29H,9-10,15-16,19-22H2;1H.